The molecule has 1 atom stereocenters. The summed E-state index contributed by atoms with van der Waals surface area (Å²) in [4.78, 5) is 27.4. The molecule has 1 fully saturated rings. The van der Waals surface area contributed by atoms with Crippen LogP contribution in [0.5, 0.6) is 0 Å². The van der Waals surface area contributed by atoms with Gasteiger partial charge in [0.2, 0.25) is 0 Å². The van der Waals surface area contributed by atoms with E-state index in [2.05, 4.69) is 15.0 Å². The van der Waals surface area contributed by atoms with Crippen LogP contribution in [-0.2, 0) is 0 Å². The number of hydrogen-bond acceptors (Lipinski definition) is 3. The lowest BCUT2D eigenvalue weighted by Crippen LogP contribution is -2.39. The Morgan fingerprint density at radius 2 is 2.17 bits per heavy atom. The third-order valence-electron chi connectivity index (χ3n) is 4.67. The van der Waals surface area contributed by atoms with Gasteiger partial charge >= 0.3 is 0 Å². The maximum Gasteiger partial charge on any atom is 0.255 e. The second-order valence-corrected chi connectivity index (χ2v) is 6.31. The molecule has 5 nitrogen and oxygen atoms in total. The number of nitrogens with zero attached hydrogens (tertiary/aromatic N) is 3. The molecule has 3 aromatic rings. The van der Waals surface area contributed by atoms with Gasteiger partial charge in [-0.15, -0.1) is 0 Å². The summed E-state index contributed by atoms with van der Waals surface area (Å²) in [7, 11) is 0. The summed E-state index contributed by atoms with van der Waals surface area (Å²) in [5, 5.41) is 0.914. The van der Waals surface area contributed by atoms with Crippen molar-refractivity contribution in [2.75, 3.05) is 6.54 Å². The highest BCUT2D eigenvalue weighted by Gasteiger charge is 2.31. The summed E-state index contributed by atoms with van der Waals surface area (Å²) in [6.07, 6.45) is 6.66. The van der Waals surface area contributed by atoms with Crippen molar-refractivity contribution in [3.8, 4) is 0 Å². The van der Waals surface area contributed by atoms with E-state index >= 15 is 0 Å². The van der Waals surface area contributed by atoms with Crippen molar-refractivity contribution in [3.63, 3.8) is 0 Å². The van der Waals surface area contributed by atoms with Crippen LogP contribution >= 0.6 is 0 Å². The Hall–Kier alpha value is -2.69. The Bertz CT molecular complexity index is 872. The van der Waals surface area contributed by atoms with E-state index in [1.807, 2.05) is 48.4 Å². The van der Waals surface area contributed by atoms with Crippen LogP contribution in [0.25, 0.3) is 10.9 Å². The zero-order valence-electron chi connectivity index (χ0n) is 13.7. The fraction of sp³-hybridized carbons (Fsp3) is 0.316. The molecule has 5 heteroatoms. The first kappa shape index (κ1) is 14.9. The fourth-order valence-corrected chi connectivity index (χ4v) is 3.56. The highest BCUT2D eigenvalue weighted by Crippen LogP contribution is 2.31. The summed E-state index contributed by atoms with van der Waals surface area (Å²) in [5.41, 5.74) is 2.47. The summed E-state index contributed by atoms with van der Waals surface area (Å²) < 4.78 is 0. The van der Waals surface area contributed by atoms with Gasteiger partial charge < -0.3 is 9.88 Å². The standard InChI is InChI=1S/C19H20N4O/c1-13-12-15(14-6-2-3-7-16(14)22-13)19(24)23-11-5-4-8-17(23)18-20-9-10-21-18/h2-3,6-7,9-10,12,17H,4-5,8,11H2,1H3,(H,20,21). The largest absolute Gasteiger partial charge is 0.347 e. The molecular weight excluding hydrogens is 300 g/mol. The SMILES string of the molecule is Cc1cc(C(=O)N2CCCCC2c2ncc[nH]2)c2ccccc2n1. The Morgan fingerprint density at radius 1 is 1.29 bits per heavy atom. The van der Waals surface area contributed by atoms with Gasteiger partial charge in [-0.05, 0) is 38.3 Å². The monoisotopic (exact) mass is 320 g/mol. The van der Waals surface area contributed by atoms with Gasteiger partial charge in [0.25, 0.3) is 5.91 Å². The van der Waals surface area contributed by atoms with Crippen LogP contribution < -0.4 is 0 Å². The molecule has 4 rings (SSSR count). The minimum Gasteiger partial charge on any atom is -0.347 e. The number of likely N-dealkylation sites (tertiary alicyclic amines) is 1. The first-order valence-corrected chi connectivity index (χ1v) is 8.40. The molecule has 0 saturated carbocycles. The number of pyridine rings is 1. The summed E-state index contributed by atoms with van der Waals surface area (Å²) in [6.45, 7) is 2.70. The van der Waals surface area contributed by atoms with Crippen molar-refractivity contribution in [1.82, 2.24) is 19.9 Å². The molecule has 122 valence electrons. The number of carbonyl (C=O) groups excluding carboxylic acids is 1. The minimum absolute atomic E-state index is 0.0217. The maximum atomic E-state index is 13.3. The van der Waals surface area contributed by atoms with Gasteiger partial charge in [0.1, 0.15) is 5.82 Å². The van der Waals surface area contributed by atoms with Crippen LogP contribution in [0.2, 0.25) is 0 Å². The first-order valence-electron chi connectivity index (χ1n) is 8.40. The Morgan fingerprint density at radius 3 is 3.00 bits per heavy atom. The van der Waals surface area contributed by atoms with Crippen molar-refractivity contribution in [2.45, 2.75) is 32.2 Å². The molecule has 0 radical (unpaired) electrons. The number of aryl methyl sites for hydroxylation is 1. The van der Waals surface area contributed by atoms with E-state index in [-0.39, 0.29) is 11.9 Å². The zero-order chi connectivity index (χ0) is 16.5. The average Bonchev–Trinajstić information content (AvgIpc) is 3.15. The lowest BCUT2D eigenvalue weighted by Gasteiger charge is -2.35. The third kappa shape index (κ3) is 2.56. The molecule has 1 aliphatic heterocycles. The van der Waals surface area contributed by atoms with Crippen LogP contribution in [0.4, 0.5) is 0 Å². The van der Waals surface area contributed by atoms with E-state index in [0.717, 1.165) is 53.8 Å². The molecule has 1 amide bonds. The molecule has 0 spiro atoms. The van der Waals surface area contributed by atoms with Gasteiger partial charge in [-0.2, -0.15) is 0 Å². The molecule has 1 N–H and O–H groups in total. The number of H-pyrrole nitrogens is 1. The molecule has 24 heavy (non-hydrogen) atoms. The van der Waals surface area contributed by atoms with E-state index < -0.39 is 0 Å². The second-order valence-electron chi connectivity index (χ2n) is 6.31. The molecule has 1 aromatic carbocycles. The topological polar surface area (TPSA) is 61.9 Å². The molecule has 1 unspecified atom stereocenters. The Kier molecular flexibility index (Phi) is 3.76. The van der Waals surface area contributed by atoms with Crippen LogP contribution in [0.1, 0.15) is 47.2 Å². The van der Waals surface area contributed by atoms with Gasteiger partial charge in [-0.1, -0.05) is 18.2 Å². The number of benzene rings is 1. The maximum absolute atomic E-state index is 13.3. The number of imidazole rings is 1. The molecule has 1 aliphatic rings. The van der Waals surface area contributed by atoms with Crippen molar-refractivity contribution >= 4 is 16.8 Å². The fourth-order valence-electron chi connectivity index (χ4n) is 3.56. The first-order chi connectivity index (χ1) is 11.7. The number of nitrogens with one attached hydrogen (secondary N) is 1. The Balaban J connectivity index is 1.77. The number of hydrogen-bond donors (Lipinski definition) is 1. The van der Waals surface area contributed by atoms with E-state index in [1.54, 1.807) is 6.20 Å². The molecular formula is C19H20N4O. The normalized spacial score (nSPS) is 18.0. The third-order valence-corrected chi connectivity index (χ3v) is 4.67. The molecule has 0 aliphatic carbocycles. The second kappa shape index (κ2) is 6.07. The van der Waals surface area contributed by atoms with Gasteiger partial charge in [-0.3, -0.25) is 9.78 Å². The smallest absolute Gasteiger partial charge is 0.255 e. The lowest BCUT2D eigenvalue weighted by atomic mass is 9.99. The number of aromatic nitrogens is 3. The number of rotatable bonds is 2. The average molecular weight is 320 g/mol. The highest BCUT2D eigenvalue weighted by atomic mass is 16.2. The Labute approximate surface area is 140 Å². The number of fused-ring (bicyclic) bond motifs is 1. The van der Waals surface area contributed by atoms with Crippen LogP contribution in [-0.4, -0.2) is 32.3 Å². The predicted molar refractivity (Wildman–Crippen MR) is 92.7 cm³/mol. The van der Waals surface area contributed by atoms with Gasteiger partial charge in [-0.25, -0.2) is 4.98 Å². The van der Waals surface area contributed by atoms with Crippen molar-refractivity contribution in [3.05, 3.63) is 59.8 Å². The van der Waals surface area contributed by atoms with E-state index in [4.69, 9.17) is 0 Å². The number of amides is 1. The summed E-state index contributed by atoms with van der Waals surface area (Å²) >= 11 is 0. The van der Waals surface area contributed by atoms with Crippen molar-refractivity contribution < 1.29 is 4.79 Å². The minimum atomic E-state index is 0.0217. The van der Waals surface area contributed by atoms with E-state index in [0.29, 0.717) is 0 Å². The zero-order valence-corrected chi connectivity index (χ0v) is 13.7. The summed E-state index contributed by atoms with van der Waals surface area (Å²) in [5.74, 6) is 0.941. The van der Waals surface area contributed by atoms with Crippen LogP contribution in [0.15, 0.2) is 42.7 Å². The molecule has 2 aromatic heterocycles. The van der Waals surface area contributed by atoms with Crippen molar-refractivity contribution in [2.24, 2.45) is 0 Å². The predicted octanol–water partition coefficient (Wildman–Crippen LogP) is 3.63. The quantitative estimate of drug-likeness (QED) is 0.784. The number of aromatic amines is 1. The van der Waals surface area contributed by atoms with Gasteiger partial charge in [0, 0.05) is 30.0 Å². The number of para-hydroxylation sites is 1. The van der Waals surface area contributed by atoms with E-state index in [9.17, 15) is 4.79 Å². The number of piperidine rings is 1. The number of carbonyl (C=O) groups is 1. The molecule has 1 saturated heterocycles. The lowest BCUT2D eigenvalue weighted by molar-refractivity contribution is 0.0603. The molecule has 3 heterocycles. The molecule has 0 bridgehead atoms. The highest BCUT2D eigenvalue weighted by molar-refractivity contribution is 6.06. The van der Waals surface area contributed by atoms with Crippen LogP contribution in [0.3, 0.4) is 0 Å². The van der Waals surface area contributed by atoms with Crippen LogP contribution in [0, 0.1) is 6.92 Å². The van der Waals surface area contributed by atoms with Gasteiger partial charge in [0.15, 0.2) is 0 Å². The summed E-state index contributed by atoms with van der Waals surface area (Å²) in [6, 6.07) is 9.76. The van der Waals surface area contributed by atoms with E-state index in [1.165, 1.54) is 0 Å². The van der Waals surface area contributed by atoms with Crippen molar-refractivity contribution in [1.29, 1.82) is 0 Å². The van der Waals surface area contributed by atoms with Gasteiger partial charge in [0.05, 0.1) is 17.1 Å².